The average molecular weight is 339 g/mol. The highest BCUT2D eigenvalue weighted by Crippen LogP contribution is 2.41. The number of fused-ring (bicyclic) bond motifs is 2. The summed E-state index contributed by atoms with van der Waals surface area (Å²) < 4.78 is 0. The Bertz CT molecular complexity index is 980. The van der Waals surface area contributed by atoms with Gasteiger partial charge in [0, 0.05) is 17.9 Å². The molecular formula is C25H25N. The number of rotatable bonds is 4. The van der Waals surface area contributed by atoms with Crippen LogP contribution in [0.15, 0.2) is 72.9 Å². The summed E-state index contributed by atoms with van der Waals surface area (Å²) in [6.45, 7) is 5.52. The zero-order valence-corrected chi connectivity index (χ0v) is 15.2. The molecule has 0 unspecified atom stereocenters. The fourth-order valence-corrected chi connectivity index (χ4v) is 4.28. The lowest BCUT2D eigenvalue weighted by atomic mass is 9.95. The molecule has 1 nitrogen and oxygen atoms in total. The zero-order valence-electron chi connectivity index (χ0n) is 15.2. The highest BCUT2D eigenvalue weighted by atomic mass is 15.2. The molecule has 1 aliphatic carbocycles. The third-order valence-corrected chi connectivity index (χ3v) is 5.88. The Morgan fingerprint density at radius 1 is 0.923 bits per heavy atom. The van der Waals surface area contributed by atoms with Gasteiger partial charge in [0.15, 0.2) is 0 Å². The van der Waals surface area contributed by atoms with E-state index in [4.69, 9.17) is 0 Å². The van der Waals surface area contributed by atoms with Gasteiger partial charge in [0.1, 0.15) is 0 Å². The summed E-state index contributed by atoms with van der Waals surface area (Å²) in [6.07, 6.45) is 6.07. The summed E-state index contributed by atoms with van der Waals surface area (Å²) >= 11 is 0. The van der Waals surface area contributed by atoms with Crippen LogP contribution in [0.2, 0.25) is 0 Å². The monoisotopic (exact) mass is 339 g/mol. The minimum atomic E-state index is 0.734. The van der Waals surface area contributed by atoms with Gasteiger partial charge >= 0.3 is 0 Å². The standard InChI is InChI=1S/C25H25N/c1-18(21-11-12-21)26-14-4-7-24-17-20(9-13-25(24)26)15-19-8-10-22-5-2-3-6-23(22)16-19/h2-3,5-6,8-10,13,16-17,21H,1,4,7,11-12,14-15H2. The maximum atomic E-state index is 4.38. The van der Waals surface area contributed by atoms with Crippen LogP contribution in [0.1, 0.15) is 36.0 Å². The Kier molecular flexibility index (Phi) is 3.81. The first-order chi connectivity index (χ1) is 12.8. The third-order valence-electron chi connectivity index (χ3n) is 5.88. The minimum Gasteiger partial charge on any atom is -0.345 e. The van der Waals surface area contributed by atoms with E-state index in [-0.39, 0.29) is 0 Å². The van der Waals surface area contributed by atoms with Gasteiger partial charge in [-0.05, 0) is 71.6 Å². The molecular weight excluding hydrogens is 314 g/mol. The van der Waals surface area contributed by atoms with Crippen molar-refractivity contribution < 1.29 is 0 Å². The molecule has 3 aromatic rings. The van der Waals surface area contributed by atoms with Gasteiger partial charge in [0.05, 0.1) is 0 Å². The lowest BCUT2D eigenvalue weighted by Crippen LogP contribution is -2.29. The number of hydrogen-bond acceptors (Lipinski definition) is 1. The summed E-state index contributed by atoms with van der Waals surface area (Å²) in [4.78, 5) is 2.48. The molecule has 26 heavy (non-hydrogen) atoms. The number of anilines is 1. The third kappa shape index (κ3) is 2.92. The second kappa shape index (κ2) is 6.32. The molecule has 0 aromatic heterocycles. The highest BCUT2D eigenvalue weighted by molar-refractivity contribution is 5.83. The number of hydrogen-bond donors (Lipinski definition) is 0. The Hall–Kier alpha value is -2.54. The summed E-state index contributed by atoms with van der Waals surface area (Å²) in [5.74, 6) is 0.734. The Morgan fingerprint density at radius 2 is 1.69 bits per heavy atom. The van der Waals surface area contributed by atoms with Gasteiger partial charge in [-0.25, -0.2) is 0 Å². The molecule has 0 radical (unpaired) electrons. The summed E-state index contributed by atoms with van der Waals surface area (Å²) in [6, 6.07) is 22.5. The number of nitrogens with zero attached hydrogens (tertiary/aromatic N) is 1. The molecule has 0 N–H and O–H groups in total. The van der Waals surface area contributed by atoms with Crippen LogP contribution in [0.3, 0.4) is 0 Å². The molecule has 0 amide bonds. The quantitative estimate of drug-likeness (QED) is 0.554. The minimum absolute atomic E-state index is 0.734. The molecule has 2 aliphatic rings. The maximum Gasteiger partial charge on any atom is 0.0440 e. The van der Waals surface area contributed by atoms with Crippen molar-refractivity contribution in [2.75, 3.05) is 11.4 Å². The van der Waals surface area contributed by atoms with Crippen LogP contribution in [0.5, 0.6) is 0 Å². The second-order valence-electron chi connectivity index (χ2n) is 7.84. The molecule has 1 saturated carbocycles. The van der Waals surface area contributed by atoms with Crippen molar-refractivity contribution in [1.29, 1.82) is 0 Å². The van der Waals surface area contributed by atoms with Crippen molar-refractivity contribution in [1.82, 2.24) is 0 Å². The Labute approximate surface area is 156 Å². The van der Waals surface area contributed by atoms with E-state index < -0.39 is 0 Å². The first kappa shape index (κ1) is 15.7. The highest BCUT2D eigenvalue weighted by Gasteiger charge is 2.30. The van der Waals surface area contributed by atoms with Crippen LogP contribution < -0.4 is 4.90 Å². The molecule has 3 aromatic carbocycles. The molecule has 0 bridgehead atoms. The van der Waals surface area contributed by atoms with E-state index >= 15 is 0 Å². The Morgan fingerprint density at radius 3 is 2.54 bits per heavy atom. The van der Waals surface area contributed by atoms with E-state index in [0.717, 1.165) is 18.9 Å². The van der Waals surface area contributed by atoms with Crippen LogP contribution in [-0.4, -0.2) is 6.54 Å². The van der Waals surface area contributed by atoms with E-state index in [9.17, 15) is 0 Å². The van der Waals surface area contributed by atoms with Crippen molar-refractivity contribution in [3.63, 3.8) is 0 Å². The molecule has 1 aliphatic heterocycles. The van der Waals surface area contributed by atoms with Crippen molar-refractivity contribution in [2.24, 2.45) is 5.92 Å². The van der Waals surface area contributed by atoms with Crippen LogP contribution in [-0.2, 0) is 12.8 Å². The molecule has 0 spiro atoms. The SMILES string of the molecule is C=C(C1CC1)N1CCCc2cc(Cc3ccc4ccccc4c3)ccc21. The van der Waals surface area contributed by atoms with Crippen LogP contribution in [0.4, 0.5) is 5.69 Å². The van der Waals surface area contributed by atoms with Crippen LogP contribution in [0.25, 0.3) is 10.8 Å². The second-order valence-corrected chi connectivity index (χ2v) is 7.84. The van der Waals surface area contributed by atoms with Crippen molar-refractivity contribution in [3.8, 4) is 0 Å². The van der Waals surface area contributed by atoms with Gasteiger partial charge in [-0.1, -0.05) is 61.2 Å². The topological polar surface area (TPSA) is 3.24 Å². The first-order valence-corrected chi connectivity index (χ1v) is 9.84. The van der Waals surface area contributed by atoms with Gasteiger partial charge < -0.3 is 4.90 Å². The largest absolute Gasteiger partial charge is 0.345 e. The smallest absolute Gasteiger partial charge is 0.0440 e. The van der Waals surface area contributed by atoms with Crippen molar-refractivity contribution in [2.45, 2.75) is 32.1 Å². The molecule has 0 saturated heterocycles. The van der Waals surface area contributed by atoms with Crippen molar-refractivity contribution in [3.05, 3.63) is 89.6 Å². The van der Waals surface area contributed by atoms with Gasteiger partial charge in [-0.3, -0.25) is 0 Å². The van der Waals surface area contributed by atoms with E-state index in [2.05, 4.69) is 72.1 Å². The summed E-state index contributed by atoms with van der Waals surface area (Å²) in [5.41, 5.74) is 7.04. The number of benzene rings is 3. The van der Waals surface area contributed by atoms with Gasteiger partial charge in [0.2, 0.25) is 0 Å². The fourth-order valence-electron chi connectivity index (χ4n) is 4.28. The first-order valence-electron chi connectivity index (χ1n) is 9.84. The Balaban J connectivity index is 1.42. The van der Waals surface area contributed by atoms with Crippen LogP contribution in [0, 0.1) is 5.92 Å². The number of aryl methyl sites for hydroxylation is 1. The molecule has 5 rings (SSSR count). The maximum absolute atomic E-state index is 4.38. The van der Waals surface area contributed by atoms with E-state index in [1.807, 2.05) is 0 Å². The molecule has 1 heterocycles. The lowest BCUT2D eigenvalue weighted by molar-refractivity contribution is 0.718. The zero-order chi connectivity index (χ0) is 17.5. The van der Waals surface area contributed by atoms with Gasteiger partial charge in [0.25, 0.3) is 0 Å². The molecule has 0 atom stereocenters. The molecule has 130 valence electrons. The summed E-state index contributed by atoms with van der Waals surface area (Å²) in [7, 11) is 0. The van der Waals surface area contributed by atoms with E-state index in [0.29, 0.717) is 0 Å². The predicted molar refractivity (Wildman–Crippen MR) is 111 cm³/mol. The fraction of sp³-hybridized carbons (Fsp3) is 0.280. The number of allylic oxidation sites excluding steroid dienone is 1. The predicted octanol–water partition coefficient (Wildman–Crippen LogP) is 6.11. The van der Waals surface area contributed by atoms with Gasteiger partial charge in [-0.15, -0.1) is 0 Å². The molecule has 1 heteroatoms. The molecule has 1 fully saturated rings. The van der Waals surface area contributed by atoms with Gasteiger partial charge in [-0.2, -0.15) is 0 Å². The van der Waals surface area contributed by atoms with E-state index in [1.165, 1.54) is 64.5 Å². The lowest BCUT2D eigenvalue weighted by Gasteiger charge is -2.33. The summed E-state index contributed by atoms with van der Waals surface area (Å²) in [5, 5.41) is 2.64. The van der Waals surface area contributed by atoms with Crippen molar-refractivity contribution >= 4 is 16.5 Å². The van der Waals surface area contributed by atoms with E-state index in [1.54, 1.807) is 0 Å². The average Bonchev–Trinajstić information content (AvgIpc) is 3.52. The normalized spacial score (nSPS) is 16.5. The van der Waals surface area contributed by atoms with Crippen LogP contribution >= 0.6 is 0 Å².